The molecule has 1 aliphatic carbocycles. The number of rotatable bonds is 5. The fourth-order valence-electron chi connectivity index (χ4n) is 10.7. The maximum absolute atomic E-state index is 6.97. The molecule has 3 heteroatoms. The van der Waals surface area contributed by atoms with Crippen molar-refractivity contribution >= 4 is 49.6 Å². The summed E-state index contributed by atoms with van der Waals surface area (Å²) in [6.07, 6.45) is 0. The number of fused-ring (bicyclic) bond motifs is 11. The lowest BCUT2D eigenvalue weighted by Crippen LogP contribution is -2.36. The third-order valence-corrected chi connectivity index (χ3v) is 13.2. The van der Waals surface area contributed by atoms with Crippen LogP contribution < -0.4 is 9.64 Å². The van der Waals surface area contributed by atoms with Gasteiger partial charge in [0.05, 0.1) is 22.1 Å². The minimum absolute atomic E-state index is 0.664. The topological polar surface area (TPSA) is 17.4 Å². The summed E-state index contributed by atoms with van der Waals surface area (Å²) in [5.74, 6) is 1.74. The molecule has 10 aromatic carbocycles. The minimum atomic E-state index is -0.664. The third-order valence-electron chi connectivity index (χ3n) is 13.2. The monoisotopic (exact) mass is 790 g/mol. The summed E-state index contributed by atoms with van der Waals surface area (Å²) >= 11 is 0. The van der Waals surface area contributed by atoms with Gasteiger partial charge in [0.2, 0.25) is 0 Å². The van der Waals surface area contributed by atoms with E-state index in [-0.39, 0.29) is 0 Å². The first-order chi connectivity index (χ1) is 30.8. The summed E-state index contributed by atoms with van der Waals surface area (Å²) in [6.45, 7) is 0. The van der Waals surface area contributed by atoms with E-state index in [4.69, 9.17) is 4.74 Å². The zero-order valence-corrected chi connectivity index (χ0v) is 33.7. The van der Waals surface area contributed by atoms with E-state index in [1.165, 1.54) is 49.3 Å². The molecule has 0 bridgehead atoms. The van der Waals surface area contributed by atoms with Crippen molar-refractivity contribution in [1.82, 2.24) is 4.57 Å². The van der Waals surface area contributed by atoms with Gasteiger partial charge in [-0.3, -0.25) is 0 Å². The maximum Gasteiger partial charge on any atom is 0.132 e. The summed E-state index contributed by atoms with van der Waals surface area (Å²) in [6, 6.07) is 84.0. The van der Waals surface area contributed by atoms with Crippen molar-refractivity contribution in [2.45, 2.75) is 5.41 Å². The van der Waals surface area contributed by atoms with Crippen LogP contribution in [0.1, 0.15) is 22.3 Å². The number of nitrogens with zero attached hydrogens (tertiary/aromatic N) is 2. The highest BCUT2D eigenvalue weighted by atomic mass is 16.5. The Bertz CT molecular complexity index is 3560. The van der Waals surface area contributed by atoms with Gasteiger partial charge in [-0.2, -0.15) is 0 Å². The smallest absolute Gasteiger partial charge is 0.132 e. The highest BCUT2D eigenvalue weighted by molar-refractivity contribution is 6.11. The van der Waals surface area contributed by atoms with Gasteiger partial charge >= 0.3 is 0 Å². The molecule has 3 nitrogen and oxygen atoms in total. The number of anilines is 3. The van der Waals surface area contributed by atoms with E-state index in [2.05, 4.69) is 240 Å². The zero-order valence-electron chi connectivity index (χ0n) is 33.7. The SMILES string of the molecule is c1ccc(-c2ccccc2N(c2ccc3c(c2)C2(c4ccccc4O3)c3ccccc3-c3cccc4cccc2c34)c2ccc3c(c2)c2ccccc2n3-c2ccccc2)cc1. The molecule has 290 valence electrons. The molecule has 2 heterocycles. The predicted octanol–water partition coefficient (Wildman–Crippen LogP) is 15.5. The Morgan fingerprint density at radius 3 is 1.87 bits per heavy atom. The van der Waals surface area contributed by atoms with Crippen LogP contribution in [-0.2, 0) is 5.41 Å². The van der Waals surface area contributed by atoms with Gasteiger partial charge in [0, 0.05) is 44.5 Å². The van der Waals surface area contributed by atoms with Crippen LogP contribution in [0.2, 0.25) is 0 Å². The number of para-hydroxylation sites is 4. The summed E-state index contributed by atoms with van der Waals surface area (Å²) in [7, 11) is 0. The van der Waals surface area contributed by atoms with Crippen molar-refractivity contribution in [3.05, 3.63) is 253 Å². The fraction of sp³-hybridized carbons (Fsp3) is 0.0169. The highest BCUT2D eigenvalue weighted by Crippen LogP contribution is 2.62. The Hall–Kier alpha value is -8.14. The number of ether oxygens (including phenoxy) is 1. The summed E-state index contributed by atoms with van der Waals surface area (Å²) in [4.78, 5) is 2.45. The molecule has 0 radical (unpaired) electrons. The second-order valence-electron chi connectivity index (χ2n) is 16.4. The second kappa shape index (κ2) is 13.4. The van der Waals surface area contributed by atoms with Gasteiger partial charge < -0.3 is 14.2 Å². The Labute approximate surface area is 360 Å². The lowest BCUT2D eigenvalue weighted by Gasteiger charge is -2.45. The molecule has 0 amide bonds. The molecule has 1 spiro atoms. The molecular formula is C59H38N2O. The number of hydrogen-bond donors (Lipinski definition) is 0. The molecule has 62 heavy (non-hydrogen) atoms. The number of aromatic nitrogens is 1. The molecular weight excluding hydrogens is 753 g/mol. The predicted molar refractivity (Wildman–Crippen MR) is 256 cm³/mol. The first-order valence-electron chi connectivity index (χ1n) is 21.3. The molecule has 0 saturated carbocycles. The van der Waals surface area contributed by atoms with E-state index < -0.39 is 5.41 Å². The quantitative estimate of drug-likeness (QED) is 0.173. The van der Waals surface area contributed by atoms with E-state index in [1.54, 1.807) is 0 Å². The molecule has 1 aliphatic heterocycles. The molecule has 1 aromatic heterocycles. The van der Waals surface area contributed by atoms with Gasteiger partial charge in [0.1, 0.15) is 11.5 Å². The van der Waals surface area contributed by atoms with Gasteiger partial charge in [-0.15, -0.1) is 0 Å². The Morgan fingerprint density at radius 2 is 1.00 bits per heavy atom. The average Bonchev–Trinajstić information content (AvgIpc) is 3.67. The van der Waals surface area contributed by atoms with Crippen molar-refractivity contribution in [2.75, 3.05) is 4.90 Å². The fourth-order valence-corrected chi connectivity index (χ4v) is 10.7. The van der Waals surface area contributed by atoms with E-state index in [1.807, 2.05) is 0 Å². The van der Waals surface area contributed by atoms with Crippen molar-refractivity contribution in [2.24, 2.45) is 0 Å². The minimum Gasteiger partial charge on any atom is -0.457 e. The van der Waals surface area contributed by atoms with Crippen LogP contribution in [0.25, 0.3) is 60.5 Å². The molecule has 11 aromatic rings. The number of benzene rings is 10. The largest absolute Gasteiger partial charge is 0.457 e. The summed E-state index contributed by atoms with van der Waals surface area (Å²) in [5, 5.41) is 4.93. The van der Waals surface area contributed by atoms with E-state index in [0.717, 1.165) is 62.0 Å². The molecule has 0 N–H and O–H groups in total. The Balaban J connectivity index is 1.12. The van der Waals surface area contributed by atoms with Crippen molar-refractivity contribution in [3.63, 3.8) is 0 Å². The first-order valence-corrected chi connectivity index (χ1v) is 21.3. The van der Waals surface area contributed by atoms with Gasteiger partial charge in [-0.1, -0.05) is 164 Å². The molecule has 1 unspecified atom stereocenters. The average molecular weight is 791 g/mol. The molecule has 1 atom stereocenters. The van der Waals surface area contributed by atoms with Crippen LogP contribution in [0.5, 0.6) is 11.5 Å². The third kappa shape index (κ3) is 4.88. The first kappa shape index (κ1) is 34.7. The van der Waals surface area contributed by atoms with E-state index >= 15 is 0 Å². The van der Waals surface area contributed by atoms with Crippen LogP contribution in [0.4, 0.5) is 17.1 Å². The van der Waals surface area contributed by atoms with Crippen molar-refractivity contribution in [3.8, 4) is 39.4 Å². The summed E-state index contributed by atoms with van der Waals surface area (Å²) in [5.41, 5.74) is 15.6. The van der Waals surface area contributed by atoms with E-state index in [9.17, 15) is 0 Å². The molecule has 0 fully saturated rings. The van der Waals surface area contributed by atoms with Gasteiger partial charge in [0.25, 0.3) is 0 Å². The standard InChI is InChI=1S/C59H38N2O/c1-3-17-39(18-4-1)44-23-8-12-30-53(44)60(42-33-35-55-48(37-42)46-25-9-13-31-54(46)61(55)41-21-5-2-6-22-41)43-34-36-57-52(38-43)59(50-28-11-14-32-56(50)62-57)49-27-10-7-24-45(49)47-26-15-19-40-20-16-29-51(59)58(40)47/h1-38H. The van der Waals surface area contributed by atoms with Crippen LogP contribution in [0.15, 0.2) is 231 Å². The normalized spacial score (nSPS) is 14.6. The molecule has 0 saturated heterocycles. The number of hydrogen-bond acceptors (Lipinski definition) is 2. The van der Waals surface area contributed by atoms with Crippen LogP contribution in [-0.4, -0.2) is 4.57 Å². The molecule has 2 aliphatic rings. The lowest BCUT2D eigenvalue weighted by molar-refractivity contribution is 0.435. The zero-order chi connectivity index (χ0) is 40.8. The van der Waals surface area contributed by atoms with Crippen LogP contribution in [0, 0.1) is 0 Å². The molecule has 13 rings (SSSR count). The van der Waals surface area contributed by atoms with Crippen molar-refractivity contribution < 1.29 is 4.74 Å². The summed E-state index contributed by atoms with van der Waals surface area (Å²) < 4.78 is 9.35. The second-order valence-corrected chi connectivity index (χ2v) is 16.4. The highest BCUT2D eigenvalue weighted by Gasteiger charge is 2.49. The Kier molecular flexibility index (Phi) is 7.52. The van der Waals surface area contributed by atoms with Crippen LogP contribution in [0.3, 0.4) is 0 Å². The lowest BCUT2D eigenvalue weighted by atomic mass is 9.58. The maximum atomic E-state index is 6.97. The van der Waals surface area contributed by atoms with Gasteiger partial charge in [-0.25, -0.2) is 0 Å². The van der Waals surface area contributed by atoms with Crippen molar-refractivity contribution in [1.29, 1.82) is 0 Å². The van der Waals surface area contributed by atoms with Gasteiger partial charge in [-0.05, 0) is 105 Å². The Morgan fingerprint density at radius 1 is 0.387 bits per heavy atom. The van der Waals surface area contributed by atoms with E-state index in [0.29, 0.717) is 0 Å². The van der Waals surface area contributed by atoms with Gasteiger partial charge in [0.15, 0.2) is 0 Å². The van der Waals surface area contributed by atoms with Crippen LogP contribution >= 0.6 is 0 Å².